The molecule has 2 N–H and O–H groups in total. The van der Waals surface area contributed by atoms with Crippen LogP contribution in [0.4, 0.5) is 0 Å². The fourth-order valence-corrected chi connectivity index (χ4v) is 10.7. The van der Waals surface area contributed by atoms with E-state index in [4.69, 9.17) is 23.7 Å². The van der Waals surface area contributed by atoms with Gasteiger partial charge in [-0.2, -0.15) is 0 Å². The standard InChI is InChI=1S/C35H56O9/c1-12-26-42-24-14-25-35(16-40-25,44-22(8)36)29-21(7)34(32(9,10)39)15-23(41-31(38)28(37)18(4)13-17(2)3)19(5)27(34)20(6)30(43-26)33(24,29)11/h17-18,20-21,23-26,28-30,37,39H,12-16H2,1-11H3/t18?,20-,21-,23-,24-,25+,26?,28+,29-,30-,33+,34+,35-/m0/s1. The highest BCUT2D eigenvalue weighted by Gasteiger charge is 2.78. The second kappa shape index (κ2) is 11.3. The zero-order valence-electron chi connectivity index (χ0n) is 28.6. The predicted molar refractivity (Wildman–Crippen MR) is 163 cm³/mol. The van der Waals surface area contributed by atoms with Gasteiger partial charge < -0.3 is 33.9 Å². The summed E-state index contributed by atoms with van der Waals surface area (Å²) in [6.07, 6.45) is -0.780. The summed E-state index contributed by atoms with van der Waals surface area (Å²) in [6.45, 7) is 21.9. The van der Waals surface area contributed by atoms with E-state index >= 15 is 0 Å². The molecule has 13 atom stereocenters. The Hall–Kier alpha value is -1.52. The number of aliphatic hydroxyl groups excluding tert-OH is 1. The summed E-state index contributed by atoms with van der Waals surface area (Å²) < 4.78 is 32.1. The Labute approximate surface area is 263 Å². The van der Waals surface area contributed by atoms with Crippen molar-refractivity contribution in [3.05, 3.63) is 11.1 Å². The molecule has 5 rings (SSSR count). The van der Waals surface area contributed by atoms with Crippen LogP contribution in [-0.2, 0) is 33.3 Å². The van der Waals surface area contributed by atoms with Crippen LogP contribution in [0, 0.1) is 40.4 Å². The lowest BCUT2D eigenvalue weighted by Gasteiger charge is -2.68. The summed E-state index contributed by atoms with van der Waals surface area (Å²) in [5, 5.41) is 23.2. The van der Waals surface area contributed by atoms with Gasteiger partial charge in [0, 0.05) is 42.4 Å². The molecule has 4 fully saturated rings. The monoisotopic (exact) mass is 620 g/mol. The molecule has 250 valence electrons. The SMILES string of the molecule is CCC1O[C@H]2C[C@H]3OC[C@@]3(OC(C)=O)[C@H]3[C@H](C)[C@]4(C(C)(C)O)C[C@H](OC(=O)[C@H](O)C(C)CC(C)C)C(C)=C4[C@H](C)[C@H](O1)[C@]23C. The fourth-order valence-electron chi connectivity index (χ4n) is 10.7. The summed E-state index contributed by atoms with van der Waals surface area (Å²) in [4.78, 5) is 26.1. The predicted octanol–water partition coefficient (Wildman–Crippen LogP) is 4.95. The van der Waals surface area contributed by atoms with Gasteiger partial charge >= 0.3 is 11.9 Å². The summed E-state index contributed by atoms with van der Waals surface area (Å²) in [6, 6.07) is 0. The van der Waals surface area contributed by atoms with Crippen LogP contribution in [0.25, 0.3) is 0 Å². The molecule has 0 radical (unpaired) electrons. The summed E-state index contributed by atoms with van der Waals surface area (Å²) in [5.41, 5.74) is -1.65. The number of rotatable bonds is 8. The van der Waals surface area contributed by atoms with E-state index in [1.165, 1.54) is 6.92 Å². The largest absolute Gasteiger partial charge is 0.456 e. The van der Waals surface area contributed by atoms with E-state index < -0.39 is 46.5 Å². The van der Waals surface area contributed by atoms with E-state index in [-0.39, 0.29) is 54.6 Å². The van der Waals surface area contributed by atoms with Crippen LogP contribution in [-0.4, -0.2) is 76.8 Å². The number of hydrogen-bond acceptors (Lipinski definition) is 9. The molecule has 9 heteroatoms. The molecular weight excluding hydrogens is 564 g/mol. The van der Waals surface area contributed by atoms with Gasteiger partial charge in [-0.1, -0.05) is 54.0 Å². The number of carbonyl (C=O) groups is 2. The highest BCUT2D eigenvalue weighted by molar-refractivity contribution is 5.75. The maximum absolute atomic E-state index is 13.4. The molecular formula is C35H56O9. The molecule has 2 unspecified atom stereocenters. The van der Waals surface area contributed by atoms with Gasteiger partial charge in [-0.25, -0.2) is 4.79 Å². The molecule has 2 aliphatic heterocycles. The van der Waals surface area contributed by atoms with Crippen LogP contribution in [0.1, 0.15) is 102 Å². The maximum Gasteiger partial charge on any atom is 0.335 e. The number of ether oxygens (including phenoxy) is 5. The number of esters is 2. The number of carbonyl (C=O) groups excluding carboxylic acids is 2. The van der Waals surface area contributed by atoms with Gasteiger partial charge in [-0.3, -0.25) is 4.79 Å². The second-order valence-corrected chi connectivity index (χ2v) is 15.8. The number of fused-ring (bicyclic) bond motifs is 3. The van der Waals surface area contributed by atoms with Crippen LogP contribution in [0.3, 0.4) is 0 Å². The van der Waals surface area contributed by atoms with Crippen molar-refractivity contribution in [1.29, 1.82) is 0 Å². The zero-order chi connectivity index (χ0) is 32.7. The average molecular weight is 621 g/mol. The smallest absolute Gasteiger partial charge is 0.335 e. The first-order valence-corrected chi connectivity index (χ1v) is 16.8. The lowest BCUT2D eigenvalue weighted by molar-refractivity contribution is -0.394. The molecule has 0 aromatic rings. The Bertz CT molecular complexity index is 1170. The van der Waals surface area contributed by atoms with Crippen molar-refractivity contribution in [3.8, 4) is 0 Å². The molecule has 2 saturated carbocycles. The quantitative estimate of drug-likeness (QED) is 0.287. The minimum Gasteiger partial charge on any atom is -0.456 e. The first kappa shape index (κ1) is 33.8. The Morgan fingerprint density at radius 1 is 1.14 bits per heavy atom. The molecule has 0 spiro atoms. The van der Waals surface area contributed by atoms with E-state index in [0.717, 1.165) is 11.1 Å². The fraction of sp³-hybridized carbons (Fsp3) is 0.886. The van der Waals surface area contributed by atoms with Crippen LogP contribution in [0.2, 0.25) is 0 Å². The molecule has 0 aromatic carbocycles. The number of hydrogen-bond donors (Lipinski definition) is 2. The first-order valence-electron chi connectivity index (χ1n) is 16.8. The topological polar surface area (TPSA) is 121 Å². The molecule has 2 saturated heterocycles. The Balaban J connectivity index is 1.66. The third-order valence-corrected chi connectivity index (χ3v) is 12.3. The minimum atomic E-state index is -1.25. The molecule has 2 heterocycles. The minimum absolute atomic E-state index is 0.167. The Morgan fingerprint density at radius 3 is 2.32 bits per heavy atom. The van der Waals surface area contributed by atoms with Crippen LogP contribution >= 0.6 is 0 Å². The second-order valence-electron chi connectivity index (χ2n) is 15.8. The zero-order valence-corrected chi connectivity index (χ0v) is 28.6. The van der Waals surface area contributed by atoms with Crippen molar-refractivity contribution in [3.63, 3.8) is 0 Å². The van der Waals surface area contributed by atoms with Crippen molar-refractivity contribution in [2.45, 2.75) is 150 Å². The summed E-state index contributed by atoms with van der Waals surface area (Å²) in [7, 11) is 0. The van der Waals surface area contributed by atoms with E-state index in [9.17, 15) is 19.8 Å². The molecule has 9 nitrogen and oxygen atoms in total. The average Bonchev–Trinajstić information content (AvgIpc) is 3.18. The highest BCUT2D eigenvalue weighted by Crippen LogP contribution is 2.71. The third-order valence-electron chi connectivity index (χ3n) is 12.3. The van der Waals surface area contributed by atoms with Crippen molar-refractivity contribution < 1.29 is 43.5 Å². The molecule has 0 bridgehead atoms. The van der Waals surface area contributed by atoms with Crippen LogP contribution in [0.15, 0.2) is 11.1 Å². The van der Waals surface area contributed by atoms with E-state index in [1.807, 2.05) is 34.6 Å². The molecule has 5 aliphatic rings. The van der Waals surface area contributed by atoms with Gasteiger partial charge in [0.2, 0.25) is 0 Å². The van der Waals surface area contributed by atoms with Gasteiger partial charge in [-0.05, 0) is 56.9 Å². The summed E-state index contributed by atoms with van der Waals surface area (Å²) >= 11 is 0. The van der Waals surface area contributed by atoms with Gasteiger partial charge in [0.1, 0.15) is 12.2 Å². The maximum atomic E-state index is 13.4. The van der Waals surface area contributed by atoms with Crippen molar-refractivity contribution >= 4 is 11.9 Å². The van der Waals surface area contributed by atoms with Gasteiger partial charge in [0.25, 0.3) is 0 Å². The van der Waals surface area contributed by atoms with Crippen LogP contribution in [0.5, 0.6) is 0 Å². The molecule has 0 amide bonds. The molecule has 0 aromatic heterocycles. The Kier molecular flexibility index (Phi) is 8.71. The molecule has 3 aliphatic carbocycles. The van der Waals surface area contributed by atoms with Crippen LogP contribution < -0.4 is 0 Å². The van der Waals surface area contributed by atoms with E-state index in [2.05, 4.69) is 34.6 Å². The third kappa shape index (κ3) is 4.73. The van der Waals surface area contributed by atoms with E-state index in [1.54, 1.807) is 0 Å². The Morgan fingerprint density at radius 2 is 1.80 bits per heavy atom. The molecule has 44 heavy (non-hydrogen) atoms. The highest BCUT2D eigenvalue weighted by atomic mass is 16.7. The lowest BCUT2D eigenvalue weighted by Crippen LogP contribution is -2.78. The summed E-state index contributed by atoms with van der Waals surface area (Å²) in [5.74, 6) is -1.62. The number of aliphatic hydroxyl groups is 2. The van der Waals surface area contributed by atoms with Gasteiger partial charge in [0.15, 0.2) is 18.0 Å². The van der Waals surface area contributed by atoms with Crippen molar-refractivity contribution in [1.82, 2.24) is 0 Å². The normalized spacial score (nSPS) is 44.5. The first-order chi connectivity index (χ1) is 20.4. The van der Waals surface area contributed by atoms with Crippen molar-refractivity contribution in [2.75, 3.05) is 6.61 Å². The van der Waals surface area contributed by atoms with E-state index in [0.29, 0.717) is 31.6 Å². The van der Waals surface area contributed by atoms with Crippen molar-refractivity contribution in [2.24, 2.45) is 40.4 Å². The lowest BCUT2D eigenvalue weighted by atomic mass is 9.47. The van der Waals surface area contributed by atoms with Gasteiger partial charge in [0.05, 0.1) is 24.4 Å². The van der Waals surface area contributed by atoms with Gasteiger partial charge in [-0.15, -0.1) is 0 Å².